The van der Waals surface area contributed by atoms with Crippen LogP contribution in [0.2, 0.25) is 0 Å². The number of amides is 1. The third kappa shape index (κ3) is 3.57. The highest BCUT2D eigenvalue weighted by Gasteiger charge is 2.27. The maximum atomic E-state index is 13.0. The second-order valence-corrected chi connectivity index (χ2v) is 7.79. The number of anilines is 1. The highest BCUT2D eigenvalue weighted by molar-refractivity contribution is 5.93. The van der Waals surface area contributed by atoms with E-state index < -0.39 is 0 Å². The topological polar surface area (TPSA) is 105 Å². The molecule has 10 heteroatoms. The van der Waals surface area contributed by atoms with Gasteiger partial charge in [0, 0.05) is 51.5 Å². The van der Waals surface area contributed by atoms with Gasteiger partial charge in [0.1, 0.15) is 17.1 Å². The van der Waals surface area contributed by atoms with Gasteiger partial charge in [-0.15, -0.1) is 0 Å². The molecule has 1 aromatic carbocycles. The molecule has 1 saturated heterocycles. The van der Waals surface area contributed by atoms with Crippen LogP contribution in [0.3, 0.4) is 0 Å². The maximum absolute atomic E-state index is 13.0. The molecule has 4 rings (SSSR count). The zero-order valence-electron chi connectivity index (χ0n) is 18.6. The summed E-state index contributed by atoms with van der Waals surface area (Å²) in [5, 5.41) is 7.12. The number of hydrogen-bond donors (Lipinski definition) is 1. The van der Waals surface area contributed by atoms with Crippen molar-refractivity contribution in [3.05, 3.63) is 62.6 Å². The number of carbonyl (C=O) groups is 1. The fraction of sp³-hybridized carbons (Fsp3) is 0.364. The van der Waals surface area contributed by atoms with E-state index in [1.165, 1.54) is 11.6 Å². The summed E-state index contributed by atoms with van der Waals surface area (Å²) in [6, 6.07) is 9.22. The van der Waals surface area contributed by atoms with Crippen LogP contribution in [0.5, 0.6) is 5.75 Å². The Balaban J connectivity index is 1.50. The van der Waals surface area contributed by atoms with E-state index >= 15 is 0 Å². The summed E-state index contributed by atoms with van der Waals surface area (Å²) in [5.41, 5.74) is 2.28. The van der Waals surface area contributed by atoms with Gasteiger partial charge in [0.2, 0.25) is 0 Å². The van der Waals surface area contributed by atoms with Gasteiger partial charge in [0.05, 0.1) is 12.8 Å². The summed E-state index contributed by atoms with van der Waals surface area (Å²) in [7, 11) is 4.72. The molecular formula is C22H26N6O4. The van der Waals surface area contributed by atoms with Crippen LogP contribution < -0.4 is 20.9 Å². The number of nitrogens with one attached hydrogen (secondary N) is 1. The van der Waals surface area contributed by atoms with E-state index in [0.29, 0.717) is 54.7 Å². The van der Waals surface area contributed by atoms with Gasteiger partial charge < -0.3 is 14.5 Å². The summed E-state index contributed by atoms with van der Waals surface area (Å²) < 4.78 is 7.97. The molecule has 0 atom stereocenters. The third-order valence-electron chi connectivity index (χ3n) is 6.00. The van der Waals surface area contributed by atoms with E-state index in [1.54, 1.807) is 32.0 Å². The Hall–Kier alpha value is -3.82. The van der Waals surface area contributed by atoms with Crippen LogP contribution in [0.1, 0.15) is 16.2 Å². The molecule has 0 spiro atoms. The molecule has 1 fully saturated rings. The lowest BCUT2D eigenvalue weighted by Gasteiger charge is -2.36. The molecule has 168 valence electrons. The molecule has 32 heavy (non-hydrogen) atoms. The number of ether oxygens (including phenoxy) is 1. The van der Waals surface area contributed by atoms with E-state index in [4.69, 9.17) is 4.74 Å². The van der Waals surface area contributed by atoms with Gasteiger partial charge in [-0.25, -0.2) is 4.79 Å². The molecule has 0 radical (unpaired) electrons. The zero-order valence-corrected chi connectivity index (χ0v) is 18.6. The number of methoxy groups -OCH3 is 1. The molecule has 0 bridgehead atoms. The first-order valence-corrected chi connectivity index (χ1v) is 10.3. The molecule has 10 nitrogen and oxygen atoms in total. The Morgan fingerprint density at radius 3 is 2.44 bits per heavy atom. The second kappa shape index (κ2) is 8.37. The van der Waals surface area contributed by atoms with Gasteiger partial charge >= 0.3 is 5.69 Å². The molecule has 0 aliphatic carbocycles. The first kappa shape index (κ1) is 21.4. The van der Waals surface area contributed by atoms with Gasteiger partial charge in [-0.1, -0.05) is 12.1 Å². The summed E-state index contributed by atoms with van der Waals surface area (Å²) in [6.45, 7) is 3.65. The van der Waals surface area contributed by atoms with Crippen LogP contribution in [0, 0.1) is 6.92 Å². The number of aromatic amines is 1. The van der Waals surface area contributed by atoms with Gasteiger partial charge in [-0.05, 0) is 25.1 Å². The Bertz CT molecular complexity index is 1280. The Kier molecular flexibility index (Phi) is 5.60. The normalized spacial score (nSPS) is 14.0. The van der Waals surface area contributed by atoms with Crippen molar-refractivity contribution in [2.75, 3.05) is 38.2 Å². The number of para-hydroxylation sites is 1. The van der Waals surface area contributed by atoms with Crippen molar-refractivity contribution in [1.82, 2.24) is 24.2 Å². The van der Waals surface area contributed by atoms with Gasteiger partial charge in [0.25, 0.3) is 11.5 Å². The van der Waals surface area contributed by atoms with Crippen molar-refractivity contribution < 1.29 is 9.53 Å². The molecule has 1 amide bonds. The summed E-state index contributed by atoms with van der Waals surface area (Å²) in [5.74, 6) is 0.532. The van der Waals surface area contributed by atoms with Gasteiger partial charge in [-0.2, -0.15) is 5.10 Å². The number of benzene rings is 1. The van der Waals surface area contributed by atoms with Crippen molar-refractivity contribution in [3.63, 3.8) is 0 Å². The number of hydrogen-bond acceptors (Lipinski definition) is 6. The number of aromatic nitrogens is 4. The van der Waals surface area contributed by atoms with E-state index in [1.807, 2.05) is 29.2 Å². The molecule has 1 aliphatic rings. The minimum atomic E-state index is -0.352. The zero-order chi connectivity index (χ0) is 23.0. The molecule has 0 saturated carbocycles. The molecule has 0 unspecified atom stereocenters. The molecule has 2 aromatic heterocycles. The van der Waals surface area contributed by atoms with Crippen molar-refractivity contribution >= 4 is 11.6 Å². The highest BCUT2D eigenvalue weighted by Crippen LogP contribution is 2.28. The largest absolute Gasteiger partial charge is 0.496 e. The van der Waals surface area contributed by atoms with Crippen molar-refractivity contribution in [3.8, 4) is 17.0 Å². The van der Waals surface area contributed by atoms with Crippen molar-refractivity contribution in [1.29, 1.82) is 0 Å². The minimum Gasteiger partial charge on any atom is -0.496 e. The third-order valence-corrected chi connectivity index (χ3v) is 6.00. The first-order chi connectivity index (χ1) is 15.3. The predicted molar refractivity (Wildman–Crippen MR) is 120 cm³/mol. The molecular weight excluding hydrogens is 412 g/mol. The summed E-state index contributed by atoms with van der Waals surface area (Å²) >= 11 is 0. The highest BCUT2D eigenvalue weighted by atomic mass is 16.5. The lowest BCUT2D eigenvalue weighted by molar-refractivity contribution is 0.0740. The second-order valence-electron chi connectivity index (χ2n) is 7.79. The average Bonchev–Trinajstić information content (AvgIpc) is 3.31. The van der Waals surface area contributed by atoms with E-state index in [0.717, 1.165) is 10.1 Å². The lowest BCUT2D eigenvalue weighted by Crippen LogP contribution is -2.52. The monoisotopic (exact) mass is 438 g/mol. The number of rotatable bonds is 4. The van der Waals surface area contributed by atoms with Crippen molar-refractivity contribution in [2.45, 2.75) is 6.92 Å². The Labute approximate surface area is 184 Å². The van der Waals surface area contributed by atoms with Gasteiger partial charge in [-0.3, -0.25) is 23.8 Å². The maximum Gasteiger partial charge on any atom is 0.330 e. The fourth-order valence-corrected chi connectivity index (χ4v) is 4.02. The summed E-state index contributed by atoms with van der Waals surface area (Å²) in [4.78, 5) is 41.5. The fourth-order valence-electron chi connectivity index (χ4n) is 4.02. The first-order valence-electron chi connectivity index (χ1n) is 10.3. The Morgan fingerprint density at radius 2 is 1.75 bits per heavy atom. The quantitative estimate of drug-likeness (QED) is 0.645. The molecule has 1 aliphatic heterocycles. The lowest BCUT2D eigenvalue weighted by atomic mass is 10.1. The molecule has 3 aromatic rings. The Morgan fingerprint density at radius 1 is 1.06 bits per heavy atom. The van der Waals surface area contributed by atoms with E-state index in [-0.39, 0.29) is 17.2 Å². The summed E-state index contributed by atoms with van der Waals surface area (Å²) in [6.07, 6.45) is 0. The standard InChI is InChI=1S/C22H26N6O4/c1-14-19(21(30)26(3)22(31)25(14)2)27-9-11-28(12-10-27)20(29)17-13-16(23-24-17)15-7-5-6-8-18(15)32-4/h5-8,13H,9-12H2,1-4H3,(H,23,24). The predicted octanol–water partition coefficient (Wildman–Crippen LogP) is 0.754. The van der Waals surface area contributed by atoms with Crippen molar-refractivity contribution in [2.24, 2.45) is 14.1 Å². The minimum absolute atomic E-state index is 0.150. The molecule has 3 heterocycles. The van der Waals surface area contributed by atoms with Gasteiger partial charge in [0.15, 0.2) is 0 Å². The average molecular weight is 438 g/mol. The van der Waals surface area contributed by atoms with Crippen LogP contribution in [0.4, 0.5) is 5.69 Å². The van der Waals surface area contributed by atoms with Crippen LogP contribution in [0.25, 0.3) is 11.3 Å². The van der Waals surface area contributed by atoms with E-state index in [2.05, 4.69) is 10.2 Å². The number of carbonyl (C=O) groups excluding carboxylic acids is 1. The van der Waals surface area contributed by atoms with Crippen LogP contribution in [-0.4, -0.2) is 63.4 Å². The van der Waals surface area contributed by atoms with Crippen LogP contribution >= 0.6 is 0 Å². The SMILES string of the molecule is COc1ccccc1-c1cc(C(=O)N2CCN(c3c(C)n(C)c(=O)n(C)c3=O)CC2)[nH]n1. The molecule has 1 N–H and O–H groups in total. The number of H-pyrrole nitrogens is 1. The van der Waals surface area contributed by atoms with E-state index in [9.17, 15) is 14.4 Å². The number of nitrogens with zero attached hydrogens (tertiary/aromatic N) is 5. The van der Waals surface area contributed by atoms with Crippen LogP contribution in [-0.2, 0) is 14.1 Å². The number of piperazine rings is 1. The smallest absolute Gasteiger partial charge is 0.330 e. The van der Waals surface area contributed by atoms with Crippen LogP contribution in [0.15, 0.2) is 39.9 Å².